The standard InChI is InChI=1S/C16H29N5S.HI/c1-4-17-15(19-12-16(3)8-6-10-22-16)18-9-5-7-14-11-20-21-13(14)2;/h11H,4-10,12H2,1-3H3,(H,20,21)(H2,17,18,19);1H. The second-order valence-corrected chi connectivity index (χ2v) is 7.83. The average molecular weight is 451 g/mol. The molecule has 2 rings (SSSR count). The number of rotatable bonds is 7. The maximum atomic E-state index is 4.77. The predicted octanol–water partition coefficient (Wildman–Crippen LogP) is 3.11. The van der Waals surface area contributed by atoms with Gasteiger partial charge in [-0.05, 0) is 57.8 Å². The van der Waals surface area contributed by atoms with E-state index >= 15 is 0 Å². The zero-order valence-electron chi connectivity index (χ0n) is 14.4. The molecule has 0 spiro atoms. The Kier molecular flexibility index (Phi) is 9.34. The van der Waals surface area contributed by atoms with Gasteiger partial charge in [0.2, 0.25) is 0 Å². The Hall–Kier alpha value is -0.440. The highest BCUT2D eigenvalue weighted by Crippen LogP contribution is 2.37. The van der Waals surface area contributed by atoms with Crippen molar-refractivity contribution in [3.05, 3.63) is 17.5 Å². The number of hydrogen-bond acceptors (Lipinski definition) is 3. The maximum Gasteiger partial charge on any atom is 0.191 e. The van der Waals surface area contributed by atoms with Crippen molar-refractivity contribution in [2.45, 2.75) is 51.2 Å². The SMILES string of the molecule is CCNC(=NCC1(C)CCCS1)NCCCc1cn[nH]c1C.I. The van der Waals surface area contributed by atoms with Crippen molar-refractivity contribution >= 4 is 41.7 Å². The van der Waals surface area contributed by atoms with E-state index in [1.165, 1.54) is 29.9 Å². The lowest BCUT2D eigenvalue weighted by Gasteiger charge is -2.21. The third kappa shape index (κ3) is 6.91. The maximum absolute atomic E-state index is 4.77. The third-order valence-corrected chi connectivity index (χ3v) is 5.59. The van der Waals surface area contributed by atoms with Crippen LogP contribution in [0.1, 0.15) is 44.4 Å². The molecule has 0 aromatic carbocycles. The first-order chi connectivity index (χ1) is 10.6. The van der Waals surface area contributed by atoms with Gasteiger partial charge in [-0.1, -0.05) is 0 Å². The number of nitrogens with one attached hydrogen (secondary N) is 3. The summed E-state index contributed by atoms with van der Waals surface area (Å²) in [5.41, 5.74) is 2.48. The lowest BCUT2D eigenvalue weighted by Crippen LogP contribution is -2.39. The first kappa shape index (κ1) is 20.6. The lowest BCUT2D eigenvalue weighted by atomic mass is 10.1. The van der Waals surface area contributed by atoms with E-state index in [0.29, 0.717) is 4.75 Å². The highest BCUT2D eigenvalue weighted by atomic mass is 127. The van der Waals surface area contributed by atoms with Gasteiger partial charge in [0.1, 0.15) is 0 Å². The molecule has 5 nitrogen and oxygen atoms in total. The summed E-state index contributed by atoms with van der Waals surface area (Å²) in [5.74, 6) is 2.22. The number of aliphatic imine (C=N–C) groups is 1. The molecule has 1 aliphatic rings. The minimum absolute atomic E-state index is 0. The minimum atomic E-state index is 0. The molecule has 0 aliphatic carbocycles. The third-order valence-electron chi connectivity index (χ3n) is 4.07. The van der Waals surface area contributed by atoms with Crippen LogP contribution in [0, 0.1) is 6.92 Å². The summed E-state index contributed by atoms with van der Waals surface area (Å²) in [6.07, 6.45) is 6.65. The summed E-state index contributed by atoms with van der Waals surface area (Å²) in [5, 5.41) is 13.8. The first-order valence-electron chi connectivity index (χ1n) is 8.28. The molecule has 1 aliphatic heterocycles. The Morgan fingerprint density at radius 2 is 2.30 bits per heavy atom. The van der Waals surface area contributed by atoms with Crippen LogP contribution in [0.25, 0.3) is 0 Å². The van der Waals surface area contributed by atoms with E-state index < -0.39 is 0 Å². The Labute approximate surface area is 161 Å². The molecule has 0 amide bonds. The molecule has 3 N–H and O–H groups in total. The van der Waals surface area contributed by atoms with Crippen LogP contribution in [-0.4, -0.2) is 46.3 Å². The number of guanidine groups is 1. The number of hydrogen-bond donors (Lipinski definition) is 3. The van der Waals surface area contributed by atoms with Gasteiger partial charge in [0, 0.05) is 23.5 Å². The average Bonchev–Trinajstić information content (AvgIpc) is 3.10. The molecule has 1 saturated heterocycles. The monoisotopic (exact) mass is 451 g/mol. The Balaban J connectivity index is 0.00000264. The van der Waals surface area contributed by atoms with Crippen molar-refractivity contribution in [2.24, 2.45) is 4.99 Å². The van der Waals surface area contributed by atoms with Crippen LogP contribution in [0.3, 0.4) is 0 Å². The topological polar surface area (TPSA) is 65.1 Å². The van der Waals surface area contributed by atoms with Gasteiger partial charge >= 0.3 is 0 Å². The zero-order valence-corrected chi connectivity index (χ0v) is 17.6. The fraction of sp³-hybridized carbons (Fsp3) is 0.750. The summed E-state index contributed by atoms with van der Waals surface area (Å²) in [6.45, 7) is 9.24. The summed E-state index contributed by atoms with van der Waals surface area (Å²) in [7, 11) is 0. The number of thioether (sulfide) groups is 1. The fourth-order valence-corrected chi connectivity index (χ4v) is 3.89. The predicted molar refractivity (Wildman–Crippen MR) is 111 cm³/mol. The highest BCUT2D eigenvalue weighted by molar-refractivity contribution is 14.0. The van der Waals surface area contributed by atoms with Crippen molar-refractivity contribution in [3.8, 4) is 0 Å². The van der Waals surface area contributed by atoms with Crippen LogP contribution in [-0.2, 0) is 6.42 Å². The molecule has 7 heteroatoms. The number of halogens is 1. The van der Waals surface area contributed by atoms with E-state index in [4.69, 9.17) is 4.99 Å². The van der Waals surface area contributed by atoms with Crippen LogP contribution < -0.4 is 10.6 Å². The van der Waals surface area contributed by atoms with Crippen molar-refractivity contribution in [2.75, 3.05) is 25.4 Å². The zero-order chi connectivity index (χ0) is 15.8. The normalized spacial score (nSPS) is 21.1. The van der Waals surface area contributed by atoms with Crippen molar-refractivity contribution < 1.29 is 0 Å². The van der Waals surface area contributed by atoms with Gasteiger partial charge < -0.3 is 10.6 Å². The van der Waals surface area contributed by atoms with E-state index in [2.05, 4.69) is 53.4 Å². The lowest BCUT2D eigenvalue weighted by molar-refractivity contribution is 0.614. The van der Waals surface area contributed by atoms with Crippen LogP contribution >= 0.6 is 35.7 Å². The van der Waals surface area contributed by atoms with Crippen LogP contribution in [0.2, 0.25) is 0 Å². The molecule has 0 radical (unpaired) electrons. The van der Waals surface area contributed by atoms with Crippen LogP contribution in [0.15, 0.2) is 11.2 Å². The second-order valence-electron chi connectivity index (χ2n) is 6.15. The Morgan fingerprint density at radius 1 is 1.48 bits per heavy atom. The summed E-state index contributed by atoms with van der Waals surface area (Å²) >= 11 is 2.06. The molecule has 1 aromatic rings. The molecule has 2 heterocycles. The van der Waals surface area contributed by atoms with Crippen LogP contribution in [0.5, 0.6) is 0 Å². The smallest absolute Gasteiger partial charge is 0.191 e. The van der Waals surface area contributed by atoms with Crippen molar-refractivity contribution in [3.63, 3.8) is 0 Å². The van der Waals surface area contributed by atoms with E-state index in [1.54, 1.807) is 0 Å². The molecule has 1 unspecified atom stereocenters. The van der Waals surface area contributed by atoms with E-state index in [0.717, 1.165) is 38.4 Å². The summed E-state index contributed by atoms with van der Waals surface area (Å²) in [4.78, 5) is 4.77. The van der Waals surface area contributed by atoms with Gasteiger partial charge in [-0.2, -0.15) is 16.9 Å². The van der Waals surface area contributed by atoms with Gasteiger partial charge in [0.25, 0.3) is 0 Å². The molecule has 1 fully saturated rings. The number of H-pyrrole nitrogens is 1. The van der Waals surface area contributed by atoms with Crippen molar-refractivity contribution in [1.29, 1.82) is 0 Å². The van der Waals surface area contributed by atoms with Gasteiger partial charge in [-0.25, -0.2) is 0 Å². The molecule has 132 valence electrons. The fourth-order valence-electron chi connectivity index (χ4n) is 2.66. The van der Waals surface area contributed by atoms with Gasteiger partial charge in [0.15, 0.2) is 5.96 Å². The van der Waals surface area contributed by atoms with Gasteiger partial charge in [0.05, 0.1) is 12.7 Å². The second kappa shape index (κ2) is 10.4. The van der Waals surface area contributed by atoms with E-state index in [1.807, 2.05) is 6.20 Å². The van der Waals surface area contributed by atoms with E-state index in [9.17, 15) is 0 Å². The van der Waals surface area contributed by atoms with Gasteiger partial charge in [-0.15, -0.1) is 24.0 Å². The molecular formula is C16H30IN5S. The molecule has 1 aromatic heterocycles. The summed E-state index contributed by atoms with van der Waals surface area (Å²) < 4.78 is 0.330. The molecule has 0 saturated carbocycles. The highest BCUT2D eigenvalue weighted by Gasteiger charge is 2.29. The van der Waals surface area contributed by atoms with Gasteiger partial charge in [-0.3, -0.25) is 10.1 Å². The molecular weight excluding hydrogens is 421 g/mol. The molecule has 0 bridgehead atoms. The van der Waals surface area contributed by atoms with E-state index in [-0.39, 0.29) is 24.0 Å². The Bertz CT molecular complexity index is 483. The number of nitrogens with zero attached hydrogens (tertiary/aromatic N) is 2. The quantitative estimate of drug-likeness (QED) is 0.258. The minimum Gasteiger partial charge on any atom is -0.357 e. The molecule has 1 atom stereocenters. The summed E-state index contributed by atoms with van der Waals surface area (Å²) in [6, 6.07) is 0. The van der Waals surface area contributed by atoms with Crippen molar-refractivity contribution in [1.82, 2.24) is 20.8 Å². The van der Waals surface area contributed by atoms with Crippen LogP contribution in [0.4, 0.5) is 0 Å². The Morgan fingerprint density at radius 3 is 2.91 bits per heavy atom. The first-order valence-corrected chi connectivity index (χ1v) is 9.26. The number of aromatic nitrogens is 2. The largest absolute Gasteiger partial charge is 0.357 e. The number of aromatic amines is 1. The number of aryl methyl sites for hydroxylation is 2. The molecule has 23 heavy (non-hydrogen) atoms.